The third-order valence-electron chi connectivity index (χ3n) is 4.59. The fraction of sp³-hybridized carbons (Fsp3) is 0.0870. The molecule has 1 N–H and O–H groups in total. The van der Waals surface area contributed by atoms with E-state index in [4.69, 9.17) is 4.74 Å². The van der Waals surface area contributed by atoms with E-state index in [1.165, 1.54) is 12.3 Å². The minimum atomic E-state index is -0.714. The molecule has 0 aliphatic heterocycles. The Kier molecular flexibility index (Phi) is 4.83. The van der Waals surface area contributed by atoms with Crippen LogP contribution in [0.4, 0.5) is 5.69 Å². The van der Waals surface area contributed by atoms with E-state index >= 15 is 0 Å². The number of ether oxygens (including phenoxy) is 1. The molecule has 0 atom stereocenters. The van der Waals surface area contributed by atoms with Crippen molar-refractivity contribution in [2.24, 2.45) is 7.05 Å². The Morgan fingerprint density at radius 2 is 1.79 bits per heavy atom. The second-order valence-electron chi connectivity index (χ2n) is 6.78. The zero-order chi connectivity index (χ0) is 20.4. The molecule has 2 heterocycles. The van der Waals surface area contributed by atoms with Gasteiger partial charge in [-0.05, 0) is 49.4 Å². The number of carbonyl (C=O) groups excluding carboxylic acids is 2. The number of anilines is 1. The predicted molar refractivity (Wildman–Crippen MR) is 111 cm³/mol. The van der Waals surface area contributed by atoms with E-state index in [0.29, 0.717) is 17.3 Å². The van der Waals surface area contributed by atoms with Crippen LogP contribution in [-0.4, -0.2) is 21.2 Å². The Labute approximate surface area is 167 Å². The highest BCUT2D eigenvalue weighted by atomic mass is 16.5. The normalized spacial score (nSPS) is 10.7. The lowest BCUT2D eigenvalue weighted by atomic mass is 10.1. The Hall–Kier alpha value is -3.93. The summed E-state index contributed by atoms with van der Waals surface area (Å²) in [7, 11) is 1.95. The molecule has 0 aliphatic carbocycles. The molecule has 0 spiro atoms. The third-order valence-corrected chi connectivity index (χ3v) is 4.59. The quantitative estimate of drug-likeness (QED) is 0.406. The van der Waals surface area contributed by atoms with Crippen molar-refractivity contribution in [1.82, 2.24) is 9.55 Å². The number of pyridine rings is 1. The van der Waals surface area contributed by atoms with Crippen molar-refractivity contribution in [3.05, 3.63) is 84.2 Å². The molecule has 6 heteroatoms. The molecule has 0 saturated carbocycles. The number of benzene rings is 2. The van der Waals surface area contributed by atoms with Crippen molar-refractivity contribution in [1.29, 1.82) is 0 Å². The van der Waals surface area contributed by atoms with Gasteiger partial charge < -0.3 is 14.6 Å². The molecule has 0 bridgehead atoms. The van der Waals surface area contributed by atoms with Gasteiger partial charge in [0.25, 0.3) is 11.7 Å². The van der Waals surface area contributed by atoms with Crippen molar-refractivity contribution in [3.63, 3.8) is 0 Å². The second kappa shape index (κ2) is 7.59. The minimum Gasteiger partial charge on any atom is -0.439 e. The maximum atomic E-state index is 12.4. The van der Waals surface area contributed by atoms with Crippen LogP contribution in [0.2, 0.25) is 0 Å². The highest BCUT2D eigenvalue weighted by Gasteiger charge is 2.17. The molecule has 0 aliphatic rings. The SMILES string of the molecule is Cc1ccc(Oc2ccc(C(=O)C(=O)Nc3ccc4c(ccn4C)c3)cn2)cc1. The molecule has 0 fully saturated rings. The molecular formula is C23H19N3O3. The highest BCUT2D eigenvalue weighted by Crippen LogP contribution is 2.21. The summed E-state index contributed by atoms with van der Waals surface area (Å²) in [6.07, 6.45) is 3.28. The van der Waals surface area contributed by atoms with Gasteiger partial charge in [-0.25, -0.2) is 4.98 Å². The van der Waals surface area contributed by atoms with E-state index in [1.54, 1.807) is 12.1 Å². The van der Waals surface area contributed by atoms with E-state index in [2.05, 4.69) is 10.3 Å². The summed E-state index contributed by atoms with van der Waals surface area (Å²) in [5.74, 6) is -0.376. The van der Waals surface area contributed by atoms with Gasteiger partial charge >= 0.3 is 0 Å². The van der Waals surface area contributed by atoms with Crippen LogP contribution in [0.15, 0.2) is 73.1 Å². The number of fused-ring (bicyclic) bond motifs is 1. The van der Waals surface area contributed by atoms with Crippen LogP contribution in [0.25, 0.3) is 10.9 Å². The number of aryl methyl sites for hydroxylation is 2. The molecule has 6 nitrogen and oxygen atoms in total. The summed E-state index contributed by atoms with van der Waals surface area (Å²) in [5, 5.41) is 3.63. The number of rotatable bonds is 5. The van der Waals surface area contributed by atoms with Gasteiger partial charge in [-0.1, -0.05) is 17.7 Å². The van der Waals surface area contributed by atoms with Gasteiger partial charge in [0.15, 0.2) is 0 Å². The molecule has 1 amide bonds. The lowest BCUT2D eigenvalue weighted by Gasteiger charge is -2.07. The van der Waals surface area contributed by atoms with Crippen molar-refractivity contribution in [2.75, 3.05) is 5.32 Å². The van der Waals surface area contributed by atoms with Crippen LogP contribution in [0, 0.1) is 6.92 Å². The van der Waals surface area contributed by atoms with Crippen molar-refractivity contribution in [2.45, 2.75) is 6.92 Å². The number of hydrogen-bond acceptors (Lipinski definition) is 4. The largest absolute Gasteiger partial charge is 0.439 e. The predicted octanol–water partition coefficient (Wildman–Crippen LogP) is 4.50. The van der Waals surface area contributed by atoms with Crippen LogP contribution in [0.1, 0.15) is 15.9 Å². The number of carbonyl (C=O) groups is 2. The fourth-order valence-corrected chi connectivity index (χ4v) is 2.98. The number of hydrogen-bond donors (Lipinski definition) is 1. The maximum absolute atomic E-state index is 12.4. The van der Waals surface area contributed by atoms with Crippen LogP contribution < -0.4 is 10.1 Å². The lowest BCUT2D eigenvalue weighted by Crippen LogP contribution is -2.22. The summed E-state index contributed by atoms with van der Waals surface area (Å²) in [4.78, 5) is 28.9. The summed E-state index contributed by atoms with van der Waals surface area (Å²) >= 11 is 0. The number of amides is 1. The molecule has 0 radical (unpaired) electrons. The number of Topliss-reactive ketones (excluding diaryl/α,β-unsaturated/α-hetero) is 1. The van der Waals surface area contributed by atoms with Gasteiger partial charge in [0.05, 0.1) is 0 Å². The Morgan fingerprint density at radius 3 is 2.52 bits per heavy atom. The number of ketones is 1. The molecule has 2 aromatic carbocycles. The third kappa shape index (κ3) is 4.01. The van der Waals surface area contributed by atoms with E-state index in [1.807, 2.05) is 67.2 Å². The number of aromatic nitrogens is 2. The monoisotopic (exact) mass is 385 g/mol. The molecule has 2 aromatic heterocycles. The Bertz CT molecular complexity index is 1190. The van der Waals surface area contributed by atoms with Crippen LogP contribution >= 0.6 is 0 Å². The lowest BCUT2D eigenvalue weighted by molar-refractivity contribution is -0.112. The first-order valence-electron chi connectivity index (χ1n) is 9.11. The van der Waals surface area contributed by atoms with Gasteiger partial charge in [0, 0.05) is 47.7 Å². The minimum absolute atomic E-state index is 0.194. The molecule has 4 aromatic rings. The average molecular weight is 385 g/mol. The van der Waals surface area contributed by atoms with Gasteiger partial charge in [0.2, 0.25) is 5.88 Å². The number of nitrogens with zero attached hydrogens (tertiary/aromatic N) is 2. The second-order valence-corrected chi connectivity index (χ2v) is 6.78. The van der Waals surface area contributed by atoms with Crippen LogP contribution in [0.5, 0.6) is 11.6 Å². The topological polar surface area (TPSA) is 73.2 Å². The van der Waals surface area contributed by atoms with E-state index < -0.39 is 11.7 Å². The van der Waals surface area contributed by atoms with E-state index in [9.17, 15) is 9.59 Å². The molecule has 4 rings (SSSR count). The van der Waals surface area contributed by atoms with E-state index in [-0.39, 0.29) is 5.56 Å². The fourth-order valence-electron chi connectivity index (χ4n) is 2.98. The zero-order valence-corrected chi connectivity index (χ0v) is 16.0. The molecular weight excluding hydrogens is 366 g/mol. The van der Waals surface area contributed by atoms with Gasteiger partial charge in [-0.2, -0.15) is 0 Å². The maximum Gasteiger partial charge on any atom is 0.296 e. The first kappa shape index (κ1) is 18.4. The molecule has 29 heavy (non-hydrogen) atoms. The van der Waals surface area contributed by atoms with Gasteiger partial charge in [-0.15, -0.1) is 0 Å². The smallest absolute Gasteiger partial charge is 0.296 e. The van der Waals surface area contributed by atoms with Gasteiger partial charge in [-0.3, -0.25) is 9.59 Å². The van der Waals surface area contributed by atoms with Crippen LogP contribution in [-0.2, 0) is 11.8 Å². The first-order chi connectivity index (χ1) is 14.0. The van der Waals surface area contributed by atoms with Gasteiger partial charge in [0.1, 0.15) is 5.75 Å². The summed E-state index contributed by atoms with van der Waals surface area (Å²) in [6.45, 7) is 1.99. The van der Waals surface area contributed by atoms with Crippen molar-refractivity contribution >= 4 is 28.3 Å². The first-order valence-corrected chi connectivity index (χ1v) is 9.11. The van der Waals surface area contributed by atoms with Crippen LogP contribution in [0.3, 0.4) is 0 Å². The van der Waals surface area contributed by atoms with Crippen molar-refractivity contribution < 1.29 is 14.3 Å². The standard InChI is InChI=1S/C23H19N3O3/c1-15-3-7-19(8-4-15)29-21-10-5-17(14-24-21)22(27)23(28)25-18-6-9-20-16(13-18)11-12-26(20)2/h3-14H,1-2H3,(H,25,28). The van der Waals surface area contributed by atoms with Crippen molar-refractivity contribution in [3.8, 4) is 11.6 Å². The summed E-state index contributed by atoms with van der Waals surface area (Å²) in [6, 6.07) is 18.1. The Morgan fingerprint density at radius 1 is 1.00 bits per heavy atom. The zero-order valence-electron chi connectivity index (χ0n) is 16.0. The number of nitrogens with one attached hydrogen (secondary N) is 1. The highest BCUT2D eigenvalue weighted by molar-refractivity contribution is 6.46. The molecule has 144 valence electrons. The average Bonchev–Trinajstić information content (AvgIpc) is 3.10. The molecule has 0 saturated heterocycles. The summed E-state index contributed by atoms with van der Waals surface area (Å²) in [5.41, 5.74) is 2.93. The van der Waals surface area contributed by atoms with E-state index in [0.717, 1.165) is 16.5 Å². The molecule has 0 unspecified atom stereocenters. The summed E-state index contributed by atoms with van der Waals surface area (Å²) < 4.78 is 7.63. The Balaban J connectivity index is 1.43.